The van der Waals surface area contributed by atoms with E-state index in [0.717, 1.165) is 27.7 Å². The summed E-state index contributed by atoms with van der Waals surface area (Å²) in [6.07, 6.45) is -4.89. The zero-order valence-corrected chi connectivity index (χ0v) is 26.0. The molecular formula is C27H32F3N5O9S2. The third-order valence-electron chi connectivity index (χ3n) is 8.19. The lowest BCUT2D eigenvalue weighted by atomic mass is 9.88. The van der Waals surface area contributed by atoms with E-state index in [1.165, 1.54) is 31.3 Å². The van der Waals surface area contributed by atoms with Gasteiger partial charge in [-0.05, 0) is 44.5 Å². The topological polar surface area (TPSA) is 191 Å². The minimum Gasteiger partial charge on any atom is -0.491 e. The first kappa shape index (κ1) is 33.9. The van der Waals surface area contributed by atoms with Crippen molar-refractivity contribution in [2.24, 2.45) is 0 Å². The van der Waals surface area contributed by atoms with Gasteiger partial charge in [0.1, 0.15) is 29.0 Å². The van der Waals surface area contributed by atoms with Crippen LogP contribution in [0.15, 0.2) is 52.5 Å². The SMILES string of the molecule is CNS(=O)(=O)c1cccc(OCC(O)CN(C(=O)O)C2COC3(CCN(S(=O)(=O)c4cnc5[nH]cc(C(F)(F)F)c5c4)CC3)C2)c1. The Hall–Kier alpha value is -3.49. The molecule has 1 spiro atoms. The molecule has 5 rings (SSSR count). The van der Waals surface area contributed by atoms with Crippen molar-refractivity contribution in [3.05, 3.63) is 48.3 Å². The van der Waals surface area contributed by atoms with E-state index >= 15 is 0 Å². The molecule has 0 bridgehead atoms. The number of pyridine rings is 1. The highest BCUT2D eigenvalue weighted by Crippen LogP contribution is 2.40. The van der Waals surface area contributed by atoms with Gasteiger partial charge in [-0.15, -0.1) is 0 Å². The number of carboxylic acid groups (broad SMARTS) is 1. The first-order valence-electron chi connectivity index (χ1n) is 14.1. The summed E-state index contributed by atoms with van der Waals surface area (Å²) in [5.74, 6) is 0.159. The molecular weight excluding hydrogens is 659 g/mol. The number of aliphatic hydroxyl groups excluding tert-OH is 1. The Morgan fingerprint density at radius 1 is 1.24 bits per heavy atom. The van der Waals surface area contributed by atoms with Crippen LogP contribution >= 0.6 is 0 Å². The van der Waals surface area contributed by atoms with Crippen LogP contribution < -0.4 is 9.46 Å². The fourth-order valence-corrected chi connectivity index (χ4v) is 7.90. The van der Waals surface area contributed by atoms with Gasteiger partial charge >= 0.3 is 12.3 Å². The number of nitrogens with one attached hydrogen (secondary N) is 2. The average molecular weight is 692 g/mol. The molecule has 14 nitrogen and oxygen atoms in total. The molecule has 1 amide bonds. The van der Waals surface area contributed by atoms with Crippen LogP contribution in [-0.2, 0) is 31.0 Å². The normalized spacial score (nSPS) is 19.8. The van der Waals surface area contributed by atoms with Crippen molar-refractivity contribution in [2.45, 2.75) is 53.0 Å². The maximum Gasteiger partial charge on any atom is 0.418 e. The Kier molecular flexibility index (Phi) is 9.28. The van der Waals surface area contributed by atoms with Crippen LogP contribution in [0, 0.1) is 0 Å². The second-order valence-corrected chi connectivity index (χ2v) is 14.9. The number of benzene rings is 1. The minimum atomic E-state index is -4.70. The lowest BCUT2D eigenvalue weighted by Crippen LogP contribution is -2.48. The van der Waals surface area contributed by atoms with Crippen molar-refractivity contribution in [2.75, 3.05) is 39.9 Å². The number of halogens is 3. The van der Waals surface area contributed by atoms with Gasteiger partial charge in [-0.1, -0.05) is 6.07 Å². The van der Waals surface area contributed by atoms with Gasteiger partial charge < -0.3 is 29.6 Å². The molecule has 2 fully saturated rings. The van der Waals surface area contributed by atoms with Crippen molar-refractivity contribution < 1.29 is 54.5 Å². The number of aromatic amines is 1. The van der Waals surface area contributed by atoms with Crippen LogP contribution in [0.1, 0.15) is 24.8 Å². The smallest absolute Gasteiger partial charge is 0.418 e. The molecule has 252 valence electrons. The Balaban J connectivity index is 1.19. The summed E-state index contributed by atoms with van der Waals surface area (Å²) >= 11 is 0. The van der Waals surface area contributed by atoms with Crippen molar-refractivity contribution in [3.63, 3.8) is 0 Å². The number of nitrogens with zero attached hydrogens (tertiary/aromatic N) is 3. The highest BCUT2D eigenvalue weighted by atomic mass is 32.2. The maximum atomic E-state index is 13.4. The molecule has 46 heavy (non-hydrogen) atoms. The number of ether oxygens (including phenoxy) is 2. The standard InChI is InChI=1S/C27H32F3N5O9S2/c1-31-45(39,40)20-4-2-3-19(9-20)43-16-18(36)14-35(25(37)38)17-11-26(44-15-17)5-7-34(8-6-26)46(41,42)21-10-22-23(27(28,29)30)13-33-24(22)32-12-21/h2-4,9-10,12-13,17-18,31,36H,5-8,11,14-16H2,1H3,(H,32,33)(H,37,38). The van der Waals surface area contributed by atoms with Gasteiger partial charge in [-0.2, -0.15) is 17.5 Å². The lowest BCUT2D eigenvalue weighted by Gasteiger charge is -2.38. The van der Waals surface area contributed by atoms with Gasteiger partial charge in [0.2, 0.25) is 20.0 Å². The fraction of sp³-hybridized carbons (Fsp3) is 0.481. The van der Waals surface area contributed by atoms with E-state index in [0.29, 0.717) is 0 Å². The summed E-state index contributed by atoms with van der Waals surface area (Å²) in [5, 5.41) is 20.1. The molecule has 2 aromatic heterocycles. The second kappa shape index (κ2) is 12.6. The van der Waals surface area contributed by atoms with Crippen LogP contribution in [0.5, 0.6) is 5.75 Å². The zero-order valence-electron chi connectivity index (χ0n) is 24.4. The Labute approximate surface area is 262 Å². The fourth-order valence-electron chi connectivity index (χ4n) is 5.72. The molecule has 1 aromatic carbocycles. The van der Waals surface area contributed by atoms with E-state index in [4.69, 9.17) is 9.47 Å². The predicted molar refractivity (Wildman–Crippen MR) is 155 cm³/mol. The molecule has 2 aliphatic heterocycles. The number of alkyl halides is 3. The number of hydrogen-bond donors (Lipinski definition) is 4. The van der Waals surface area contributed by atoms with Crippen molar-refractivity contribution in [1.82, 2.24) is 23.9 Å². The monoisotopic (exact) mass is 691 g/mol. The molecule has 19 heteroatoms. The van der Waals surface area contributed by atoms with Crippen molar-refractivity contribution in [1.29, 1.82) is 0 Å². The number of piperidine rings is 1. The van der Waals surface area contributed by atoms with Crippen LogP contribution in [0.2, 0.25) is 0 Å². The molecule has 0 radical (unpaired) electrons. The highest BCUT2D eigenvalue weighted by Gasteiger charge is 2.47. The number of rotatable bonds is 10. The summed E-state index contributed by atoms with van der Waals surface area (Å²) in [6, 6.07) is 5.88. The molecule has 0 aliphatic carbocycles. The number of amides is 1. The van der Waals surface area contributed by atoms with E-state index in [1.807, 2.05) is 0 Å². The molecule has 3 aromatic rings. The Morgan fingerprint density at radius 2 is 1.96 bits per heavy atom. The predicted octanol–water partition coefficient (Wildman–Crippen LogP) is 2.22. The molecule has 2 unspecified atom stereocenters. The van der Waals surface area contributed by atoms with E-state index in [9.17, 15) is 45.0 Å². The summed E-state index contributed by atoms with van der Waals surface area (Å²) < 4.78 is 106. The molecule has 2 atom stereocenters. The van der Waals surface area contributed by atoms with Gasteiger partial charge in [0.15, 0.2) is 0 Å². The maximum absolute atomic E-state index is 13.4. The van der Waals surface area contributed by atoms with Crippen LogP contribution in [0.3, 0.4) is 0 Å². The molecule has 2 saturated heterocycles. The summed E-state index contributed by atoms with van der Waals surface area (Å²) in [6.45, 7) is -0.684. The molecule has 0 saturated carbocycles. The van der Waals surface area contributed by atoms with E-state index in [-0.39, 0.29) is 78.7 Å². The first-order valence-corrected chi connectivity index (χ1v) is 17.0. The number of fused-ring (bicyclic) bond motifs is 1. The second-order valence-electron chi connectivity index (χ2n) is 11.1. The lowest BCUT2D eigenvalue weighted by molar-refractivity contribution is -0.136. The van der Waals surface area contributed by atoms with Crippen LogP contribution in [0.4, 0.5) is 18.0 Å². The summed E-state index contributed by atoms with van der Waals surface area (Å²) in [7, 11) is -6.66. The highest BCUT2D eigenvalue weighted by molar-refractivity contribution is 7.89. The third kappa shape index (κ3) is 6.93. The number of aliphatic hydroxyl groups is 1. The quantitative estimate of drug-likeness (QED) is 0.245. The number of aromatic nitrogens is 2. The molecule has 2 aliphatic rings. The van der Waals surface area contributed by atoms with Gasteiger partial charge in [0.05, 0.1) is 35.3 Å². The van der Waals surface area contributed by atoms with Crippen LogP contribution in [-0.4, -0.2) is 110 Å². The number of H-pyrrole nitrogens is 1. The van der Waals surface area contributed by atoms with E-state index in [2.05, 4.69) is 14.7 Å². The van der Waals surface area contributed by atoms with Gasteiger partial charge in [0.25, 0.3) is 0 Å². The van der Waals surface area contributed by atoms with Crippen molar-refractivity contribution >= 4 is 37.2 Å². The number of sulfonamides is 2. The Morgan fingerprint density at radius 3 is 2.61 bits per heavy atom. The zero-order chi connectivity index (χ0) is 33.5. The van der Waals surface area contributed by atoms with Gasteiger partial charge in [-0.3, -0.25) is 0 Å². The number of hydrogen-bond acceptors (Lipinski definition) is 9. The molecule has 4 heterocycles. The average Bonchev–Trinajstić information content (AvgIpc) is 3.63. The molecule has 4 N–H and O–H groups in total. The minimum absolute atomic E-state index is 0.00481. The third-order valence-corrected chi connectivity index (χ3v) is 11.5. The van der Waals surface area contributed by atoms with Crippen LogP contribution in [0.25, 0.3) is 11.0 Å². The van der Waals surface area contributed by atoms with Crippen molar-refractivity contribution in [3.8, 4) is 5.75 Å². The number of carbonyl (C=O) groups is 1. The summed E-state index contributed by atoms with van der Waals surface area (Å²) in [4.78, 5) is 19.0. The van der Waals surface area contributed by atoms with Gasteiger partial charge in [-0.25, -0.2) is 31.3 Å². The Bertz CT molecular complexity index is 1810. The van der Waals surface area contributed by atoms with E-state index in [1.54, 1.807) is 0 Å². The van der Waals surface area contributed by atoms with E-state index < -0.39 is 55.6 Å². The largest absolute Gasteiger partial charge is 0.491 e. The summed E-state index contributed by atoms with van der Waals surface area (Å²) in [5.41, 5.74) is -1.95. The first-order chi connectivity index (χ1) is 21.5. The van der Waals surface area contributed by atoms with Gasteiger partial charge in [0, 0.05) is 36.9 Å².